The molecule has 0 aromatic rings. The number of ether oxygens (including phenoxy) is 1. The molecule has 0 spiro atoms. The molecule has 1 heterocycles. The van der Waals surface area contributed by atoms with E-state index < -0.39 is 5.97 Å². The van der Waals surface area contributed by atoms with Crippen molar-refractivity contribution in [1.29, 1.82) is 0 Å². The molecule has 0 radical (unpaired) electrons. The molecule has 1 aliphatic rings. The Morgan fingerprint density at radius 2 is 2.11 bits per heavy atom. The second kappa shape index (κ2) is 6.07. The third-order valence-corrected chi connectivity index (χ3v) is 3.52. The van der Waals surface area contributed by atoms with Gasteiger partial charge >= 0.3 is 12.1 Å². The number of carboxylic acid groups (broad SMARTS) is 1. The molecule has 1 N–H and O–H groups in total. The summed E-state index contributed by atoms with van der Waals surface area (Å²) in [6, 6.07) is 0. The fraction of sp³-hybridized carbons (Fsp3) is 0.846. The van der Waals surface area contributed by atoms with E-state index in [4.69, 9.17) is 9.84 Å². The molecule has 5 heteroatoms. The maximum atomic E-state index is 11.3. The number of aliphatic carboxylic acids is 1. The largest absolute Gasteiger partial charge is 0.481 e. The monoisotopic (exact) mass is 257 g/mol. The molecule has 1 aliphatic heterocycles. The predicted molar refractivity (Wildman–Crippen MR) is 67.4 cm³/mol. The molecule has 1 amide bonds. The van der Waals surface area contributed by atoms with Crippen LogP contribution in [0.5, 0.6) is 0 Å². The van der Waals surface area contributed by atoms with Crippen molar-refractivity contribution in [3.05, 3.63) is 0 Å². The molecule has 104 valence electrons. The zero-order valence-corrected chi connectivity index (χ0v) is 11.4. The summed E-state index contributed by atoms with van der Waals surface area (Å²) in [5.41, 5.74) is 0.0546. The average Bonchev–Trinajstić information content (AvgIpc) is 2.61. The van der Waals surface area contributed by atoms with E-state index in [2.05, 4.69) is 20.8 Å². The van der Waals surface area contributed by atoms with Crippen LogP contribution in [0.2, 0.25) is 0 Å². The third kappa shape index (κ3) is 4.55. The maximum absolute atomic E-state index is 11.3. The Hall–Kier alpha value is -1.26. The minimum atomic E-state index is -0.759. The summed E-state index contributed by atoms with van der Waals surface area (Å²) in [5, 5.41) is 8.77. The number of carbonyl (C=O) groups is 2. The molecule has 0 aliphatic carbocycles. The van der Waals surface area contributed by atoms with Crippen LogP contribution in [0.3, 0.4) is 0 Å². The molecule has 0 bridgehead atoms. The first-order valence-corrected chi connectivity index (χ1v) is 6.44. The number of cyclic esters (lactones) is 1. The summed E-state index contributed by atoms with van der Waals surface area (Å²) in [7, 11) is 0. The van der Waals surface area contributed by atoms with Gasteiger partial charge in [0.2, 0.25) is 0 Å². The van der Waals surface area contributed by atoms with Crippen LogP contribution < -0.4 is 0 Å². The lowest BCUT2D eigenvalue weighted by molar-refractivity contribution is -0.137. The summed E-state index contributed by atoms with van der Waals surface area (Å²) in [6.07, 6.45) is 1.42. The lowest BCUT2D eigenvalue weighted by Crippen LogP contribution is -2.30. The number of carbonyl (C=O) groups excluding carboxylic acids is 1. The minimum absolute atomic E-state index is 0.0546. The molecule has 0 aromatic heterocycles. The van der Waals surface area contributed by atoms with E-state index >= 15 is 0 Å². The van der Waals surface area contributed by atoms with Crippen LogP contribution in [-0.2, 0) is 9.53 Å². The van der Waals surface area contributed by atoms with Crippen molar-refractivity contribution in [1.82, 2.24) is 4.90 Å². The van der Waals surface area contributed by atoms with E-state index in [1.54, 1.807) is 4.90 Å². The molecule has 1 saturated heterocycles. The van der Waals surface area contributed by atoms with Crippen LogP contribution in [0.25, 0.3) is 0 Å². The van der Waals surface area contributed by atoms with Crippen molar-refractivity contribution < 1.29 is 19.4 Å². The molecule has 1 fully saturated rings. The Kier molecular flexibility index (Phi) is 4.99. The van der Waals surface area contributed by atoms with Crippen LogP contribution in [0.1, 0.15) is 40.0 Å². The van der Waals surface area contributed by atoms with E-state index in [0.717, 1.165) is 6.42 Å². The molecule has 1 atom stereocenters. The van der Waals surface area contributed by atoms with Gasteiger partial charge in [0, 0.05) is 13.0 Å². The number of nitrogens with zero attached hydrogens (tertiary/aromatic N) is 1. The van der Waals surface area contributed by atoms with E-state index in [1.807, 2.05) is 0 Å². The second-order valence-electron chi connectivity index (χ2n) is 5.89. The van der Waals surface area contributed by atoms with Gasteiger partial charge in [-0.3, -0.25) is 4.79 Å². The minimum Gasteiger partial charge on any atom is -0.481 e. The normalized spacial score (nSPS) is 17.7. The summed E-state index contributed by atoms with van der Waals surface area (Å²) in [4.78, 5) is 23.7. The zero-order valence-electron chi connectivity index (χ0n) is 11.4. The Morgan fingerprint density at radius 1 is 1.44 bits per heavy atom. The van der Waals surface area contributed by atoms with Crippen LogP contribution in [0, 0.1) is 11.3 Å². The standard InChI is InChI=1S/C13H23NO4/c1-13(2,3)10(4-5-11(15)16)6-7-14-8-9-18-12(14)17/h10H,4-9H2,1-3H3,(H,15,16). The van der Waals surface area contributed by atoms with Crippen molar-refractivity contribution in [3.8, 4) is 0 Å². The number of hydrogen-bond donors (Lipinski definition) is 1. The van der Waals surface area contributed by atoms with Gasteiger partial charge in [-0.2, -0.15) is 0 Å². The highest BCUT2D eigenvalue weighted by Crippen LogP contribution is 2.32. The molecule has 1 rings (SSSR count). The maximum Gasteiger partial charge on any atom is 0.409 e. The first kappa shape index (κ1) is 14.8. The van der Waals surface area contributed by atoms with Crippen LogP contribution in [-0.4, -0.2) is 41.8 Å². The molecule has 0 aromatic carbocycles. The van der Waals surface area contributed by atoms with E-state index in [1.165, 1.54) is 0 Å². The molecule has 1 unspecified atom stereocenters. The van der Waals surface area contributed by atoms with Crippen molar-refractivity contribution in [3.63, 3.8) is 0 Å². The fourth-order valence-electron chi connectivity index (χ4n) is 2.25. The predicted octanol–water partition coefficient (Wildman–Crippen LogP) is 2.36. The molecule has 18 heavy (non-hydrogen) atoms. The Balaban J connectivity index is 2.45. The van der Waals surface area contributed by atoms with Crippen LogP contribution in [0.4, 0.5) is 4.79 Å². The van der Waals surface area contributed by atoms with Crippen molar-refractivity contribution in [2.45, 2.75) is 40.0 Å². The first-order chi connectivity index (χ1) is 8.30. The fourth-order valence-corrected chi connectivity index (χ4v) is 2.25. The highest BCUT2D eigenvalue weighted by atomic mass is 16.6. The van der Waals surface area contributed by atoms with Crippen molar-refractivity contribution >= 4 is 12.1 Å². The quantitative estimate of drug-likeness (QED) is 0.793. The van der Waals surface area contributed by atoms with Crippen LogP contribution >= 0.6 is 0 Å². The van der Waals surface area contributed by atoms with Gasteiger partial charge in [-0.05, 0) is 24.2 Å². The zero-order chi connectivity index (χ0) is 13.8. The highest BCUT2D eigenvalue weighted by Gasteiger charge is 2.28. The second-order valence-corrected chi connectivity index (χ2v) is 5.89. The third-order valence-electron chi connectivity index (χ3n) is 3.52. The van der Waals surface area contributed by atoms with Crippen molar-refractivity contribution in [2.24, 2.45) is 11.3 Å². The van der Waals surface area contributed by atoms with Gasteiger partial charge < -0.3 is 14.7 Å². The average molecular weight is 257 g/mol. The first-order valence-electron chi connectivity index (χ1n) is 6.44. The number of carboxylic acids is 1. The number of rotatable bonds is 6. The lowest BCUT2D eigenvalue weighted by atomic mass is 9.76. The summed E-state index contributed by atoms with van der Waals surface area (Å²) < 4.78 is 4.87. The summed E-state index contributed by atoms with van der Waals surface area (Å²) >= 11 is 0. The van der Waals surface area contributed by atoms with Gasteiger partial charge in [-0.15, -0.1) is 0 Å². The molecule has 5 nitrogen and oxygen atoms in total. The van der Waals surface area contributed by atoms with E-state index in [0.29, 0.717) is 32.0 Å². The summed E-state index contributed by atoms with van der Waals surface area (Å²) in [5.74, 6) is -0.466. The van der Waals surface area contributed by atoms with Gasteiger partial charge in [-0.1, -0.05) is 20.8 Å². The summed E-state index contributed by atoms with van der Waals surface area (Å²) in [6.45, 7) is 8.11. The van der Waals surface area contributed by atoms with Gasteiger partial charge in [0.1, 0.15) is 6.61 Å². The smallest absolute Gasteiger partial charge is 0.409 e. The molecular weight excluding hydrogens is 234 g/mol. The van der Waals surface area contributed by atoms with Crippen molar-refractivity contribution in [2.75, 3.05) is 19.7 Å². The number of hydrogen-bond acceptors (Lipinski definition) is 3. The molecule has 0 saturated carbocycles. The SMILES string of the molecule is CC(C)(C)C(CCC(=O)O)CCN1CCOC1=O. The Morgan fingerprint density at radius 3 is 2.56 bits per heavy atom. The highest BCUT2D eigenvalue weighted by molar-refractivity contribution is 5.69. The lowest BCUT2D eigenvalue weighted by Gasteiger charge is -2.31. The Labute approximate surface area is 108 Å². The Bertz CT molecular complexity index is 309. The molecular formula is C13H23NO4. The van der Waals surface area contributed by atoms with Crippen LogP contribution in [0.15, 0.2) is 0 Å². The topological polar surface area (TPSA) is 66.8 Å². The van der Waals surface area contributed by atoms with Gasteiger partial charge in [0.15, 0.2) is 0 Å². The number of amides is 1. The van der Waals surface area contributed by atoms with Gasteiger partial charge in [-0.25, -0.2) is 4.79 Å². The van der Waals surface area contributed by atoms with E-state index in [9.17, 15) is 9.59 Å². The van der Waals surface area contributed by atoms with Gasteiger partial charge in [0.25, 0.3) is 0 Å². The van der Waals surface area contributed by atoms with Gasteiger partial charge in [0.05, 0.1) is 6.54 Å². The van der Waals surface area contributed by atoms with E-state index in [-0.39, 0.29) is 17.9 Å².